The summed E-state index contributed by atoms with van der Waals surface area (Å²) in [6, 6.07) is 9.12. The van der Waals surface area contributed by atoms with Crippen molar-refractivity contribution in [1.82, 2.24) is 0 Å². The van der Waals surface area contributed by atoms with Crippen molar-refractivity contribution in [3.05, 3.63) is 35.4 Å². The van der Waals surface area contributed by atoms with E-state index >= 15 is 0 Å². The molecule has 0 aliphatic heterocycles. The predicted molar refractivity (Wildman–Crippen MR) is 131 cm³/mol. The second-order valence-corrected chi connectivity index (χ2v) is 11.6. The summed E-state index contributed by atoms with van der Waals surface area (Å²) < 4.78 is 12.4. The molecule has 1 heteroatoms. The SMILES string of the molecule is C[C@H]1CC[C@H]([C@H]2CC[C@H](CCC3CCC(c4ccc(CCCF)cc4)CC3)CC2)CC1. The van der Waals surface area contributed by atoms with Gasteiger partial charge in [0.2, 0.25) is 0 Å². The highest BCUT2D eigenvalue weighted by Crippen LogP contribution is 2.43. The van der Waals surface area contributed by atoms with Crippen LogP contribution in [-0.4, -0.2) is 6.67 Å². The van der Waals surface area contributed by atoms with E-state index in [-0.39, 0.29) is 6.67 Å². The Morgan fingerprint density at radius 1 is 0.677 bits per heavy atom. The molecule has 0 saturated heterocycles. The van der Waals surface area contributed by atoms with E-state index in [1.165, 1.54) is 101 Å². The van der Waals surface area contributed by atoms with Crippen LogP contribution < -0.4 is 0 Å². The molecule has 0 aromatic heterocycles. The number of benzene rings is 1. The van der Waals surface area contributed by atoms with E-state index in [9.17, 15) is 4.39 Å². The minimum absolute atomic E-state index is 0.201. The van der Waals surface area contributed by atoms with Gasteiger partial charge in [-0.25, -0.2) is 0 Å². The van der Waals surface area contributed by atoms with Crippen LogP contribution >= 0.6 is 0 Å². The average Bonchev–Trinajstić information content (AvgIpc) is 2.83. The topological polar surface area (TPSA) is 0 Å². The highest BCUT2D eigenvalue weighted by atomic mass is 19.1. The standard InChI is InChI=1S/C30H47F/c1-23-4-14-27(15-5-23)28-18-10-25(11-19-28)6-7-26-12-20-30(21-13-26)29-16-8-24(9-17-29)3-2-22-31/h8-9,16-17,23,25-28,30H,2-7,10-15,18-22H2,1H3/t23-,25-,26?,27-,28-,30?. The normalized spacial score (nSPS) is 34.5. The highest BCUT2D eigenvalue weighted by Gasteiger charge is 2.30. The molecule has 0 heterocycles. The molecule has 0 amide bonds. The summed E-state index contributed by atoms with van der Waals surface area (Å²) in [5, 5.41) is 0. The van der Waals surface area contributed by atoms with Crippen molar-refractivity contribution in [1.29, 1.82) is 0 Å². The van der Waals surface area contributed by atoms with Gasteiger partial charge in [-0.1, -0.05) is 69.7 Å². The average molecular weight is 427 g/mol. The third-order valence-electron chi connectivity index (χ3n) is 9.50. The van der Waals surface area contributed by atoms with E-state index < -0.39 is 0 Å². The van der Waals surface area contributed by atoms with Crippen LogP contribution in [0.2, 0.25) is 0 Å². The van der Waals surface area contributed by atoms with E-state index in [1.54, 1.807) is 0 Å². The van der Waals surface area contributed by atoms with Gasteiger partial charge in [0.05, 0.1) is 6.67 Å². The summed E-state index contributed by atoms with van der Waals surface area (Å²) in [6.45, 7) is 2.25. The van der Waals surface area contributed by atoms with E-state index in [0.29, 0.717) is 6.42 Å². The summed E-state index contributed by atoms with van der Waals surface area (Å²) in [5.41, 5.74) is 2.82. The number of rotatable bonds is 8. The lowest BCUT2D eigenvalue weighted by Gasteiger charge is -2.37. The summed E-state index contributed by atoms with van der Waals surface area (Å²) >= 11 is 0. The lowest BCUT2D eigenvalue weighted by Crippen LogP contribution is -2.25. The van der Waals surface area contributed by atoms with Crippen LogP contribution in [0.15, 0.2) is 24.3 Å². The summed E-state index contributed by atoms with van der Waals surface area (Å²) in [5.74, 6) is 5.92. The summed E-state index contributed by atoms with van der Waals surface area (Å²) in [4.78, 5) is 0. The van der Waals surface area contributed by atoms with Crippen LogP contribution in [0, 0.1) is 29.6 Å². The maximum atomic E-state index is 12.4. The fourth-order valence-corrected chi connectivity index (χ4v) is 7.19. The van der Waals surface area contributed by atoms with Gasteiger partial charge >= 0.3 is 0 Å². The molecular weight excluding hydrogens is 379 g/mol. The Morgan fingerprint density at radius 3 is 1.74 bits per heavy atom. The fraction of sp³-hybridized carbons (Fsp3) is 0.800. The number of hydrogen-bond acceptors (Lipinski definition) is 0. The van der Waals surface area contributed by atoms with Crippen LogP contribution in [0.1, 0.15) is 120 Å². The first-order valence-electron chi connectivity index (χ1n) is 13.9. The van der Waals surface area contributed by atoms with Crippen molar-refractivity contribution in [2.45, 2.75) is 116 Å². The van der Waals surface area contributed by atoms with Gasteiger partial charge in [0, 0.05) is 0 Å². The summed E-state index contributed by atoms with van der Waals surface area (Å²) in [6.07, 6.45) is 22.3. The molecule has 1 aromatic carbocycles. The Bertz CT molecular complexity index is 610. The largest absolute Gasteiger partial charge is 0.251 e. The van der Waals surface area contributed by atoms with E-state index in [0.717, 1.165) is 41.9 Å². The van der Waals surface area contributed by atoms with Crippen molar-refractivity contribution in [2.24, 2.45) is 29.6 Å². The zero-order valence-electron chi connectivity index (χ0n) is 20.2. The first-order valence-corrected chi connectivity index (χ1v) is 13.9. The summed E-state index contributed by atoms with van der Waals surface area (Å²) in [7, 11) is 0. The molecule has 0 spiro atoms. The second-order valence-electron chi connectivity index (χ2n) is 11.6. The van der Waals surface area contributed by atoms with Crippen LogP contribution in [0.5, 0.6) is 0 Å². The molecule has 0 N–H and O–H groups in total. The van der Waals surface area contributed by atoms with E-state index in [2.05, 4.69) is 31.2 Å². The van der Waals surface area contributed by atoms with Gasteiger partial charge in [-0.15, -0.1) is 0 Å². The molecular formula is C30H47F. The third kappa shape index (κ3) is 6.82. The van der Waals surface area contributed by atoms with Gasteiger partial charge in [0.15, 0.2) is 0 Å². The van der Waals surface area contributed by atoms with Crippen LogP contribution in [-0.2, 0) is 6.42 Å². The molecule has 0 unspecified atom stereocenters. The van der Waals surface area contributed by atoms with Crippen molar-refractivity contribution in [3.63, 3.8) is 0 Å². The van der Waals surface area contributed by atoms with Crippen LogP contribution in [0.25, 0.3) is 0 Å². The molecule has 1 aromatic rings. The van der Waals surface area contributed by atoms with Crippen LogP contribution in [0.4, 0.5) is 4.39 Å². The Balaban J connectivity index is 1.12. The van der Waals surface area contributed by atoms with Crippen molar-refractivity contribution < 1.29 is 4.39 Å². The maximum Gasteiger partial charge on any atom is 0.0897 e. The maximum absolute atomic E-state index is 12.4. The molecule has 0 bridgehead atoms. The van der Waals surface area contributed by atoms with Crippen LogP contribution in [0.3, 0.4) is 0 Å². The van der Waals surface area contributed by atoms with Crippen molar-refractivity contribution in [3.8, 4) is 0 Å². The van der Waals surface area contributed by atoms with Gasteiger partial charge < -0.3 is 0 Å². The van der Waals surface area contributed by atoms with E-state index in [4.69, 9.17) is 0 Å². The Hall–Kier alpha value is -0.850. The van der Waals surface area contributed by atoms with Crippen molar-refractivity contribution in [2.75, 3.05) is 6.67 Å². The second kappa shape index (κ2) is 11.9. The van der Waals surface area contributed by atoms with Gasteiger partial charge in [-0.3, -0.25) is 4.39 Å². The van der Waals surface area contributed by atoms with E-state index in [1.807, 2.05) is 0 Å². The zero-order chi connectivity index (χ0) is 21.5. The van der Waals surface area contributed by atoms with Gasteiger partial charge in [0.1, 0.15) is 0 Å². The molecule has 3 fully saturated rings. The smallest absolute Gasteiger partial charge is 0.0897 e. The van der Waals surface area contributed by atoms with Gasteiger partial charge in [0.25, 0.3) is 0 Å². The molecule has 174 valence electrons. The predicted octanol–water partition coefficient (Wildman–Crippen LogP) is 9.28. The lowest BCUT2D eigenvalue weighted by atomic mass is 9.68. The van der Waals surface area contributed by atoms with Crippen molar-refractivity contribution >= 4 is 0 Å². The highest BCUT2D eigenvalue weighted by molar-refractivity contribution is 5.26. The van der Waals surface area contributed by atoms with Gasteiger partial charge in [-0.05, 0) is 111 Å². The molecule has 3 aliphatic carbocycles. The first-order chi connectivity index (χ1) is 15.2. The number of hydrogen-bond donors (Lipinski definition) is 0. The zero-order valence-corrected chi connectivity index (χ0v) is 20.2. The number of aryl methyl sites for hydroxylation is 1. The minimum atomic E-state index is -0.201. The lowest BCUT2D eigenvalue weighted by molar-refractivity contribution is 0.143. The first kappa shape index (κ1) is 23.3. The molecule has 0 radical (unpaired) electrons. The third-order valence-corrected chi connectivity index (χ3v) is 9.50. The monoisotopic (exact) mass is 426 g/mol. The minimum Gasteiger partial charge on any atom is -0.251 e. The molecule has 3 aliphatic rings. The fourth-order valence-electron chi connectivity index (χ4n) is 7.19. The molecule has 4 rings (SSSR count). The molecule has 0 atom stereocenters. The Morgan fingerprint density at radius 2 is 1.19 bits per heavy atom. The molecule has 3 saturated carbocycles. The van der Waals surface area contributed by atoms with Gasteiger partial charge in [-0.2, -0.15) is 0 Å². The number of halogens is 1. The Kier molecular flexibility index (Phi) is 8.91. The Labute approximate surface area is 191 Å². The molecule has 0 nitrogen and oxygen atoms in total. The quantitative estimate of drug-likeness (QED) is 0.388. The number of alkyl halides is 1. The molecule has 31 heavy (non-hydrogen) atoms.